The molecule has 0 bridgehead atoms. The zero-order valence-corrected chi connectivity index (χ0v) is 18.7. The Hall–Kier alpha value is -0.608. The first-order valence-electron chi connectivity index (χ1n) is 9.22. The Labute approximate surface area is 156 Å². The molecular formula is C19H36BNO3Si. The third-order valence-electron chi connectivity index (χ3n) is 6.07. The molecule has 0 N–H and O–H groups in total. The first kappa shape index (κ1) is 22.4. The fourth-order valence-corrected chi connectivity index (χ4v) is 3.41. The monoisotopic (exact) mass is 365 g/mol. The molecule has 1 fully saturated rings. The Balaban J connectivity index is 2.56. The summed E-state index contributed by atoms with van der Waals surface area (Å²) in [4.78, 5) is 0. The third-order valence-corrected chi connectivity index (χ3v) is 10.6. The summed E-state index contributed by atoms with van der Waals surface area (Å²) in [5, 5.41) is 9.75. The van der Waals surface area contributed by atoms with Crippen LogP contribution in [-0.4, -0.2) is 33.2 Å². The van der Waals surface area contributed by atoms with Crippen LogP contribution in [0.1, 0.15) is 61.3 Å². The maximum Gasteiger partial charge on any atom is 0.491 e. The van der Waals surface area contributed by atoms with Gasteiger partial charge in [0.25, 0.3) is 0 Å². The van der Waals surface area contributed by atoms with E-state index in [-0.39, 0.29) is 11.0 Å². The molecule has 25 heavy (non-hydrogen) atoms. The predicted octanol–water partition coefficient (Wildman–Crippen LogP) is 5.12. The molecular weight excluding hydrogens is 329 g/mol. The van der Waals surface area contributed by atoms with Crippen LogP contribution in [0.2, 0.25) is 18.1 Å². The topological polar surface area (TPSA) is 51.5 Å². The highest BCUT2D eigenvalue weighted by Crippen LogP contribution is 2.40. The SMILES string of the molecule is C=C(B1OC(C)(C)C(C)(C)O1)[C@H](C#N)CCCO[Si](C)(C)C(C)(C)C. The number of rotatable bonds is 7. The van der Waals surface area contributed by atoms with Crippen LogP contribution in [-0.2, 0) is 13.7 Å². The lowest BCUT2D eigenvalue weighted by atomic mass is 9.71. The zero-order valence-electron chi connectivity index (χ0n) is 17.7. The molecule has 0 saturated carbocycles. The fraction of sp³-hybridized carbons (Fsp3) is 0.842. The molecule has 4 nitrogen and oxygen atoms in total. The predicted molar refractivity (Wildman–Crippen MR) is 107 cm³/mol. The van der Waals surface area contributed by atoms with Gasteiger partial charge in [-0.2, -0.15) is 5.26 Å². The van der Waals surface area contributed by atoms with E-state index < -0.39 is 26.6 Å². The van der Waals surface area contributed by atoms with Crippen LogP contribution in [0.4, 0.5) is 0 Å². The lowest BCUT2D eigenvalue weighted by Crippen LogP contribution is -2.41. The van der Waals surface area contributed by atoms with Gasteiger partial charge in [0, 0.05) is 6.61 Å². The highest BCUT2D eigenvalue weighted by molar-refractivity contribution is 6.74. The summed E-state index contributed by atoms with van der Waals surface area (Å²) in [6.07, 6.45) is 1.55. The second kappa shape index (κ2) is 7.56. The van der Waals surface area contributed by atoms with E-state index in [9.17, 15) is 5.26 Å². The molecule has 0 aromatic heterocycles. The van der Waals surface area contributed by atoms with Crippen molar-refractivity contribution in [1.29, 1.82) is 5.26 Å². The molecule has 0 aromatic carbocycles. The van der Waals surface area contributed by atoms with Gasteiger partial charge >= 0.3 is 7.12 Å². The van der Waals surface area contributed by atoms with Gasteiger partial charge in [0.15, 0.2) is 8.32 Å². The van der Waals surface area contributed by atoms with E-state index in [0.717, 1.165) is 6.42 Å². The van der Waals surface area contributed by atoms with Gasteiger partial charge in [-0.25, -0.2) is 0 Å². The summed E-state index contributed by atoms with van der Waals surface area (Å²) in [5.74, 6) is -0.280. The van der Waals surface area contributed by atoms with E-state index in [1.165, 1.54) is 0 Å². The van der Waals surface area contributed by atoms with Crippen molar-refractivity contribution in [1.82, 2.24) is 0 Å². The second-order valence-electron chi connectivity index (χ2n) is 9.60. The van der Waals surface area contributed by atoms with Crippen molar-refractivity contribution in [3.63, 3.8) is 0 Å². The van der Waals surface area contributed by atoms with Gasteiger partial charge in [-0.15, -0.1) is 6.58 Å². The Morgan fingerprint density at radius 1 is 1.20 bits per heavy atom. The smallest absolute Gasteiger partial charge is 0.417 e. The molecule has 1 aliphatic rings. The minimum absolute atomic E-state index is 0.202. The number of hydrogen-bond donors (Lipinski definition) is 0. The molecule has 0 aromatic rings. The molecule has 142 valence electrons. The van der Waals surface area contributed by atoms with Gasteiger partial charge in [0.2, 0.25) is 0 Å². The van der Waals surface area contributed by atoms with Gasteiger partial charge in [0.1, 0.15) is 0 Å². The average molecular weight is 365 g/mol. The van der Waals surface area contributed by atoms with E-state index in [4.69, 9.17) is 13.7 Å². The summed E-state index contributed by atoms with van der Waals surface area (Å²) in [6.45, 7) is 24.0. The molecule has 0 spiro atoms. The average Bonchev–Trinajstić information content (AvgIpc) is 2.65. The Kier molecular flexibility index (Phi) is 6.78. The Morgan fingerprint density at radius 3 is 2.08 bits per heavy atom. The number of nitriles is 1. The molecule has 1 aliphatic heterocycles. The van der Waals surface area contributed by atoms with E-state index in [2.05, 4.69) is 46.5 Å². The first-order chi connectivity index (χ1) is 11.1. The van der Waals surface area contributed by atoms with E-state index in [1.54, 1.807) is 0 Å². The third kappa shape index (κ3) is 5.20. The highest BCUT2D eigenvalue weighted by atomic mass is 28.4. The molecule has 0 unspecified atom stereocenters. The minimum Gasteiger partial charge on any atom is -0.417 e. The quantitative estimate of drug-likeness (QED) is 0.464. The minimum atomic E-state index is -1.73. The van der Waals surface area contributed by atoms with E-state index >= 15 is 0 Å². The van der Waals surface area contributed by atoms with E-state index in [1.807, 2.05) is 27.7 Å². The maximum atomic E-state index is 9.55. The van der Waals surface area contributed by atoms with E-state index in [0.29, 0.717) is 18.5 Å². The number of allylic oxidation sites excluding steroid dienone is 1. The van der Waals surface area contributed by atoms with Crippen molar-refractivity contribution < 1.29 is 13.7 Å². The maximum absolute atomic E-state index is 9.55. The second-order valence-corrected chi connectivity index (χ2v) is 14.4. The standard InChI is InChI=1S/C19H36BNO3Si/c1-15(20-23-18(5,6)19(7,8)24-20)16(14-21)12-11-13-22-25(9,10)17(2,3)4/h16H,1,11-13H2,2-10H3/t16-/m0/s1. The van der Waals surface area contributed by atoms with Crippen LogP contribution in [0.15, 0.2) is 12.1 Å². The van der Waals surface area contributed by atoms with Crippen LogP contribution in [0.25, 0.3) is 0 Å². The summed E-state index contributed by atoms with van der Waals surface area (Å²) >= 11 is 0. The fourth-order valence-electron chi connectivity index (χ4n) is 2.32. The Bertz CT molecular complexity index is 516. The van der Waals surface area contributed by atoms with Gasteiger partial charge < -0.3 is 13.7 Å². The largest absolute Gasteiger partial charge is 0.491 e. The highest BCUT2D eigenvalue weighted by Gasteiger charge is 2.52. The lowest BCUT2D eigenvalue weighted by molar-refractivity contribution is 0.00578. The number of hydrogen-bond acceptors (Lipinski definition) is 4. The summed E-state index contributed by atoms with van der Waals surface area (Å²) in [6, 6.07) is 2.36. The van der Waals surface area contributed by atoms with Gasteiger partial charge in [-0.1, -0.05) is 20.8 Å². The molecule has 0 aliphatic carbocycles. The van der Waals surface area contributed by atoms with Gasteiger partial charge in [-0.3, -0.25) is 0 Å². The van der Waals surface area contributed by atoms with Crippen LogP contribution in [0, 0.1) is 17.2 Å². The molecule has 1 heterocycles. The Morgan fingerprint density at radius 2 is 1.68 bits per heavy atom. The summed E-state index contributed by atoms with van der Waals surface area (Å²) in [5.41, 5.74) is -0.105. The molecule has 0 amide bonds. The molecule has 1 saturated heterocycles. The van der Waals surface area contributed by atoms with Crippen LogP contribution in [0.3, 0.4) is 0 Å². The van der Waals surface area contributed by atoms with Crippen molar-refractivity contribution in [2.45, 2.75) is 90.6 Å². The molecule has 6 heteroatoms. The molecule has 1 atom stereocenters. The zero-order chi connectivity index (χ0) is 19.7. The summed E-state index contributed by atoms with van der Waals surface area (Å²) < 4.78 is 18.2. The van der Waals surface area contributed by atoms with Crippen LogP contribution < -0.4 is 0 Å². The van der Waals surface area contributed by atoms with Crippen molar-refractivity contribution in [3.05, 3.63) is 12.1 Å². The molecule has 1 rings (SSSR count). The van der Waals surface area contributed by atoms with Crippen molar-refractivity contribution in [2.24, 2.45) is 5.92 Å². The lowest BCUT2D eigenvalue weighted by Gasteiger charge is -2.36. The first-order valence-corrected chi connectivity index (χ1v) is 12.1. The van der Waals surface area contributed by atoms with Crippen molar-refractivity contribution in [3.8, 4) is 6.07 Å². The van der Waals surface area contributed by atoms with Crippen molar-refractivity contribution in [2.75, 3.05) is 6.61 Å². The van der Waals surface area contributed by atoms with Crippen LogP contribution >= 0.6 is 0 Å². The van der Waals surface area contributed by atoms with Crippen LogP contribution in [0.5, 0.6) is 0 Å². The number of nitrogens with zero attached hydrogens (tertiary/aromatic N) is 1. The molecule has 0 radical (unpaired) electrons. The van der Waals surface area contributed by atoms with Crippen molar-refractivity contribution >= 4 is 15.4 Å². The van der Waals surface area contributed by atoms with Gasteiger partial charge in [-0.05, 0) is 64.1 Å². The summed E-state index contributed by atoms with van der Waals surface area (Å²) in [7, 11) is -2.25. The normalized spacial score (nSPS) is 21.0. The van der Waals surface area contributed by atoms with Gasteiger partial charge in [0.05, 0.1) is 23.2 Å².